The van der Waals surface area contributed by atoms with E-state index in [1.165, 1.54) is 0 Å². The highest BCUT2D eigenvalue weighted by molar-refractivity contribution is 4.98. The van der Waals surface area contributed by atoms with E-state index >= 15 is 0 Å². The molecule has 0 bridgehead atoms. The summed E-state index contributed by atoms with van der Waals surface area (Å²) in [7, 11) is 0. The molecule has 0 aliphatic heterocycles. The zero-order chi connectivity index (χ0) is 9.52. The highest BCUT2D eigenvalue weighted by Gasteiger charge is 2.07. The summed E-state index contributed by atoms with van der Waals surface area (Å²) in [4.78, 5) is 7.82. The minimum absolute atomic E-state index is 0.284. The average molecular weight is 182 g/mol. The predicted octanol–water partition coefficient (Wildman–Crippen LogP) is 0.937. The predicted molar refractivity (Wildman–Crippen MR) is 48.1 cm³/mol. The molecule has 1 aromatic rings. The van der Waals surface area contributed by atoms with Gasteiger partial charge in [-0.3, -0.25) is 9.97 Å². The second kappa shape index (κ2) is 5.61. The first kappa shape index (κ1) is 10.1. The van der Waals surface area contributed by atoms with Crippen LogP contribution in [0.2, 0.25) is 0 Å². The van der Waals surface area contributed by atoms with Gasteiger partial charge < -0.3 is 9.84 Å². The molecule has 0 aliphatic rings. The molecule has 1 atom stereocenters. The van der Waals surface area contributed by atoms with Gasteiger partial charge in [-0.25, -0.2) is 0 Å². The quantitative estimate of drug-likeness (QED) is 0.688. The number of ether oxygens (including phenoxy) is 1. The number of aliphatic hydroxyl groups is 1. The summed E-state index contributed by atoms with van der Waals surface area (Å²) >= 11 is 0. The van der Waals surface area contributed by atoms with Crippen molar-refractivity contribution >= 4 is 0 Å². The van der Waals surface area contributed by atoms with E-state index < -0.39 is 6.10 Å². The molecule has 0 radical (unpaired) electrons. The second-order valence-electron chi connectivity index (χ2n) is 2.72. The van der Waals surface area contributed by atoms with Crippen LogP contribution in [0.5, 0.6) is 0 Å². The maximum absolute atomic E-state index is 9.52. The maximum atomic E-state index is 9.52. The maximum Gasteiger partial charge on any atom is 0.121 e. The van der Waals surface area contributed by atoms with E-state index in [-0.39, 0.29) is 6.61 Å². The Kier molecular flexibility index (Phi) is 4.35. The van der Waals surface area contributed by atoms with Crippen LogP contribution in [0, 0.1) is 0 Å². The summed E-state index contributed by atoms with van der Waals surface area (Å²) in [5.74, 6) is 0. The smallest absolute Gasteiger partial charge is 0.121 e. The molecule has 0 saturated heterocycles. The Labute approximate surface area is 77.6 Å². The highest BCUT2D eigenvalue weighted by atomic mass is 16.5. The summed E-state index contributed by atoms with van der Waals surface area (Å²) < 4.78 is 5.18. The third-order valence-electron chi connectivity index (χ3n) is 1.55. The molecule has 4 heteroatoms. The molecule has 1 heterocycles. The SMILES string of the molecule is CCCOCC(O)c1cnccn1. The number of hydrogen-bond donors (Lipinski definition) is 1. The summed E-state index contributed by atoms with van der Waals surface area (Å²) in [5, 5.41) is 9.52. The van der Waals surface area contributed by atoms with E-state index in [2.05, 4.69) is 9.97 Å². The van der Waals surface area contributed by atoms with Crippen molar-refractivity contribution in [3.05, 3.63) is 24.3 Å². The van der Waals surface area contributed by atoms with Crippen LogP contribution in [0.4, 0.5) is 0 Å². The molecular weight excluding hydrogens is 168 g/mol. The Morgan fingerprint density at radius 1 is 1.54 bits per heavy atom. The second-order valence-corrected chi connectivity index (χ2v) is 2.72. The first-order chi connectivity index (χ1) is 6.34. The topological polar surface area (TPSA) is 55.2 Å². The Balaban J connectivity index is 2.35. The molecule has 0 spiro atoms. The van der Waals surface area contributed by atoms with Crippen LogP contribution in [-0.4, -0.2) is 28.3 Å². The van der Waals surface area contributed by atoms with Gasteiger partial charge in [0.15, 0.2) is 0 Å². The standard InChI is InChI=1S/C9H14N2O2/c1-2-5-13-7-9(12)8-6-10-3-4-11-8/h3-4,6,9,12H,2,5,7H2,1H3. The van der Waals surface area contributed by atoms with Gasteiger partial charge in [-0.1, -0.05) is 6.92 Å². The van der Waals surface area contributed by atoms with Gasteiger partial charge in [-0.05, 0) is 6.42 Å². The number of aromatic nitrogens is 2. The molecule has 13 heavy (non-hydrogen) atoms. The monoisotopic (exact) mass is 182 g/mol. The molecule has 4 nitrogen and oxygen atoms in total. The van der Waals surface area contributed by atoms with Gasteiger partial charge in [-0.2, -0.15) is 0 Å². The molecule has 0 saturated carbocycles. The number of hydrogen-bond acceptors (Lipinski definition) is 4. The van der Waals surface area contributed by atoms with Crippen LogP contribution >= 0.6 is 0 Å². The van der Waals surface area contributed by atoms with Crippen molar-refractivity contribution < 1.29 is 9.84 Å². The van der Waals surface area contributed by atoms with Crippen molar-refractivity contribution in [2.45, 2.75) is 19.4 Å². The molecule has 72 valence electrons. The fraction of sp³-hybridized carbons (Fsp3) is 0.556. The third-order valence-corrected chi connectivity index (χ3v) is 1.55. The Hall–Kier alpha value is -1.00. The van der Waals surface area contributed by atoms with E-state index in [4.69, 9.17) is 4.74 Å². The first-order valence-corrected chi connectivity index (χ1v) is 4.36. The van der Waals surface area contributed by atoms with Crippen LogP contribution in [0.1, 0.15) is 25.1 Å². The van der Waals surface area contributed by atoms with Crippen molar-refractivity contribution in [1.29, 1.82) is 0 Å². The summed E-state index contributed by atoms with van der Waals surface area (Å²) in [6, 6.07) is 0. The Morgan fingerprint density at radius 2 is 2.38 bits per heavy atom. The van der Waals surface area contributed by atoms with Gasteiger partial charge in [0.05, 0.1) is 18.5 Å². The van der Waals surface area contributed by atoms with Crippen LogP contribution in [0.3, 0.4) is 0 Å². The summed E-state index contributed by atoms with van der Waals surface area (Å²) in [6.07, 6.45) is 4.95. The van der Waals surface area contributed by atoms with E-state index in [1.807, 2.05) is 6.92 Å². The van der Waals surface area contributed by atoms with Gasteiger partial charge in [-0.15, -0.1) is 0 Å². The van der Waals surface area contributed by atoms with Crippen LogP contribution in [0.25, 0.3) is 0 Å². The largest absolute Gasteiger partial charge is 0.384 e. The first-order valence-electron chi connectivity index (χ1n) is 4.36. The minimum atomic E-state index is -0.666. The molecule has 0 amide bonds. The van der Waals surface area contributed by atoms with Crippen molar-refractivity contribution in [3.8, 4) is 0 Å². The lowest BCUT2D eigenvalue weighted by atomic mass is 10.3. The minimum Gasteiger partial charge on any atom is -0.384 e. The zero-order valence-electron chi connectivity index (χ0n) is 7.68. The van der Waals surface area contributed by atoms with Crippen LogP contribution in [-0.2, 0) is 4.74 Å². The van der Waals surface area contributed by atoms with Gasteiger partial charge in [0.2, 0.25) is 0 Å². The molecule has 0 aromatic carbocycles. The molecule has 1 aromatic heterocycles. The van der Waals surface area contributed by atoms with Gasteiger partial charge in [0.25, 0.3) is 0 Å². The van der Waals surface area contributed by atoms with Crippen molar-refractivity contribution in [1.82, 2.24) is 9.97 Å². The third kappa shape index (κ3) is 3.48. The van der Waals surface area contributed by atoms with Crippen LogP contribution in [0.15, 0.2) is 18.6 Å². The summed E-state index contributed by atoms with van der Waals surface area (Å²) in [6.45, 7) is 2.97. The normalized spacial score (nSPS) is 12.8. The lowest BCUT2D eigenvalue weighted by molar-refractivity contribution is 0.0340. The van der Waals surface area contributed by atoms with Gasteiger partial charge >= 0.3 is 0 Å². The fourth-order valence-corrected chi connectivity index (χ4v) is 0.907. The van der Waals surface area contributed by atoms with Crippen molar-refractivity contribution in [2.24, 2.45) is 0 Å². The average Bonchev–Trinajstić information content (AvgIpc) is 2.19. The number of nitrogens with zero attached hydrogens (tertiary/aromatic N) is 2. The molecule has 0 aliphatic carbocycles. The molecule has 1 unspecified atom stereocenters. The van der Waals surface area contributed by atoms with E-state index in [1.54, 1.807) is 18.6 Å². The lowest BCUT2D eigenvalue weighted by Crippen LogP contribution is -2.09. The zero-order valence-corrected chi connectivity index (χ0v) is 7.68. The Morgan fingerprint density at radius 3 is 3.00 bits per heavy atom. The molecule has 0 fully saturated rings. The van der Waals surface area contributed by atoms with Crippen LogP contribution < -0.4 is 0 Å². The van der Waals surface area contributed by atoms with Gasteiger partial charge in [0, 0.05) is 19.0 Å². The van der Waals surface area contributed by atoms with E-state index in [0.717, 1.165) is 6.42 Å². The Bertz CT molecular complexity index is 228. The summed E-state index contributed by atoms with van der Waals surface area (Å²) in [5.41, 5.74) is 0.554. The number of rotatable bonds is 5. The van der Waals surface area contributed by atoms with Crippen molar-refractivity contribution in [3.63, 3.8) is 0 Å². The molecular formula is C9H14N2O2. The van der Waals surface area contributed by atoms with Crippen molar-refractivity contribution in [2.75, 3.05) is 13.2 Å². The number of aliphatic hydroxyl groups excluding tert-OH is 1. The van der Waals surface area contributed by atoms with E-state index in [0.29, 0.717) is 12.3 Å². The molecule has 1 N–H and O–H groups in total. The van der Waals surface area contributed by atoms with Gasteiger partial charge in [0.1, 0.15) is 6.10 Å². The highest BCUT2D eigenvalue weighted by Crippen LogP contribution is 2.07. The molecule has 1 rings (SSSR count). The van der Waals surface area contributed by atoms with E-state index in [9.17, 15) is 5.11 Å². The fourth-order valence-electron chi connectivity index (χ4n) is 0.907. The lowest BCUT2D eigenvalue weighted by Gasteiger charge is -2.08.